The van der Waals surface area contributed by atoms with Crippen LogP contribution >= 0.6 is 0 Å². The lowest BCUT2D eigenvalue weighted by Gasteiger charge is -2.17. The zero-order chi connectivity index (χ0) is 15.6. The van der Waals surface area contributed by atoms with E-state index in [-0.39, 0.29) is 22.8 Å². The molecule has 2 rings (SSSR count). The number of carbonyl (C=O) groups is 1. The van der Waals surface area contributed by atoms with Crippen LogP contribution in [0.4, 0.5) is 0 Å². The van der Waals surface area contributed by atoms with Crippen LogP contribution in [0.15, 0.2) is 23.1 Å². The Balaban J connectivity index is 2.29. The fraction of sp³-hybridized carbons (Fsp3) is 0.429. The van der Waals surface area contributed by atoms with Gasteiger partial charge in [-0.2, -0.15) is 5.26 Å². The van der Waals surface area contributed by atoms with Gasteiger partial charge in [-0.15, -0.1) is 0 Å². The molecule has 1 saturated carbocycles. The van der Waals surface area contributed by atoms with E-state index in [4.69, 9.17) is 10.4 Å². The smallest absolute Gasteiger partial charge is 0.304 e. The summed E-state index contributed by atoms with van der Waals surface area (Å²) >= 11 is 0. The minimum atomic E-state index is -3.84. The fourth-order valence-electron chi connectivity index (χ4n) is 2.21. The number of nitrogens with one attached hydrogen (secondary N) is 1. The van der Waals surface area contributed by atoms with E-state index in [1.807, 2.05) is 6.07 Å². The summed E-state index contributed by atoms with van der Waals surface area (Å²) in [6.45, 7) is 1.64. The second-order valence-electron chi connectivity index (χ2n) is 5.26. The molecule has 1 fully saturated rings. The molecule has 1 unspecified atom stereocenters. The van der Waals surface area contributed by atoms with E-state index >= 15 is 0 Å². The van der Waals surface area contributed by atoms with Crippen molar-refractivity contribution < 1.29 is 18.3 Å². The summed E-state index contributed by atoms with van der Waals surface area (Å²) in [5.74, 6) is -0.951. The first kappa shape index (κ1) is 15.5. The van der Waals surface area contributed by atoms with E-state index in [1.54, 1.807) is 19.1 Å². The molecule has 7 heteroatoms. The van der Waals surface area contributed by atoms with E-state index in [2.05, 4.69) is 4.72 Å². The van der Waals surface area contributed by atoms with Crippen molar-refractivity contribution in [1.82, 2.24) is 4.72 Å². The number of hydrogen-bond acceptors (Lipinski definition) is 4. The maximum atomic E-state index is 12.4. The summed E-state index contributed by atoms with van der Waals surface area (Å²) in [4.78, 5) is 10.9. The topological polar surface area (TPSA) is 107 Å². The second kappa shape index (κ2) is 5.84. The quantitative estimate of drug-likeness (QED) is 0.826. The van der Waals surface area contributed by atoms with E-state index in [0.717, 1.165) is 12.8 Å². The third kappa shape index (κ3) is 3.80. The van der Waals surface area contributed by atoms with Crippen molar-refractivity contribution in [2.24, 2.45) is 5.92 Å². The van der Waals surface area contributed by atoms with Gasteiger partial charge in [-0.1, -0.05) is 6.07 Å². The van der Waals surface area contributed by atoms with Crippen molar-refractivity contribution in [2.75, 3.05) is 0 Å². The van der Waals surface area contributed by atoms with Gasteiger partial charge in [0.1, 0.15) is 0 Å². The van der Waals surface area contributed by atoms with Gasteiger partial charge < -0.3 is 5.11 Å². The SMILES string of the molecule is Cc1ccc(C#N)cc1S(=O)(=O)NC(CC(=O)O)C1CC1. The number of carboxylic acids is 1. The van der Waals surface area contributed by atoms with Crippen LogP contribution in [-0.4, -0.2) is 25.5 Å². The minimum Gasteiger partial charge on any atom is -0.481 e. The molecule has 1 aliphatic rings. The molecule has 1 aromatic rings. The summed E-state index contributed by atoms with van der Waals surface area (Å²) in [5, 5.41) is 17.8. The molecule has 112 valence electrons. The van der Waals surface area contributed by atoms with Gasteiger partial charge in [0.05, 0.1) is 22.9 Å². The number of sulfonamides is 1. The molecule has 1 aromatic carbocycles. The van der Waals surface area contributed by atoms with Gasteiger partial charge in [-0.25, -0.2) is 13.1 Å². The Morgan fingerprint density at radius 3 is 2.71 bits per heavy atom. The predicted molar refractivity (Wildman–Crippen MR) is 75.0 cm³/mol. The third-order valence-electron chi connectivity index (χ3n) is 3.50. The summed E-state index contributed by atoms with van der Waals surface area (Å²) in [6.07, 6.45) is 1.43. The molecule has 1 aliphatic carbocycles. The third-order valence-corrected chi connectivity index (χ3v) is 5.13. The van der Waals surface area contributed by atoms with Crippen LogP contribution < -0.4 is 4.72 Å². The van der Waals surface area contributed by atoms with Crippen LogP contribution in [0.3, 0.4) is 0 Å². The van der Waals surface area contributed by atoms with E-state index in [9.17, 15) is 13.2 Å². The number of benzene rings is 1. The molecular formula is C14H16N2O4S. The number of aryl methyl sites for hydroxylation is 1. The van der Waals surface area contributed by atoms with Gasteiger partial charge in [0.2, 0.25) is 10.0 Å². The lowest BCUT2D eigenvalue weighted by molar-refractivity contribution is -0.137. The number of aliphatic carboxylic acids is 1. The van der Waals surface area contributed by atoms with E-state index < -0.39 is 22.0 Å². The van der Waals surface area contributed by atoms with Crippen LogP contribution in [0.5, 0.6) is 0 Å². The molecule has 0 aliphatic heterocycles. The molecule has 0 bridgehead atoms. The first-order chi connectivity index (χ1) is 9.83. The van der Waals surface area contributed by atoms with Gasteiger partial charge in [-0.05, 0) is 43.4 Å². The molecule has 0 saturated heterocycles. The van der Waals surface area contributed by atoms with E-state index in [0.29, 0.717) is 5.56 Å². The normalized spacial score (nSPS) is 16.2. The number of rotatable bonds is 6. The van der Waals surface area contributed by atoms with Crippen molar-refractivity contribution in [1.29, 1.82) is 5.26 Å². The van der Waals surface area contributed by atoms with Crippen molar-refractivity contribution in [3.8, 4) is 6.07 Å². The van der Waals surface area contributed by atoms with Crippen molar-refractivity contribution >= 4 is 16.0 Å². The maximum Gasteiger partial charge on any atom is 0.304 e. The lowest BCUT2D eigenvalue weighted by atomic mass is 10.1. The van der Waals surface area contributed by atoms with Crippen LogP contribution in [0.1, 0.15) is 30.4 Å². The van der Waals surface area contributed by atoms with Crippen LogP contribution in [0.25, 0.3) is 0 Å². The minimum absolute atomic E-state index is 0.0255. The fourth-order valence-corrected chi connectivity index (χ4v) is 3.79. The molecule has 0 spiro atoms. The zero-order valence-electron chi connectivity index (χ0n) is 11.5. The number of carboxylic acid groups (broad SMARTS) is 1. The average Bonchev–Trinajstić information content (AvgIpc) is 3.21. The summed E-state index contributed by atoms with van der Waals surface area (Å²) < 4.78 is 27.3. The number of hydrogen-bond donors (Lipinski definition) is 2. The number of nitriles is 1. The summed E-state index contributed by atoms with van der Waals surface area (Å²) in [6, 6.07) is 5.72. The first-order valence-corrected chi connectivity index (χ1v) is 8.06. The van der Waals surface area contributed by atoms with Crippen molar-refractivity contribution in [3.05, 3.63) is 29.3 Å². The Hall–Kier alpha value is -1.91. The van der Waals surface area contributed by atoms with Gasteiger partial charge in [0, 0.05) is 6.04 Å². The predicted octanol–water partition coefficient (Wildman–Crippen LogP) is 1.40. The van der Waals surface area contributed by atoms with Crippen molar-refractivity contribution in [3.63, 3.8) is 0 Å². The summed E-state index contributed by atoms with van der Waals surface area (Å²) in [5.41, 5.74) is 0.772. The van der Waals surface area contributed by atoms with Crippen LogP contribution in [0, 0.1) is 24.2 Å². The Kier molecular flexibility index (Phi) is 4.30. The van der Waals surface area contributed by atoms with Gasteiger partial charge in [0.25, 0.3) is 0 Å². The molecular weight excluding hydrogens is 292 g/mol. The molecule has 6 nitrogen and oxygen atoms in total. The first-order valence-electron chi connectivity index (χ1n) is 6.58. The highest BCUT2D eigenvalue weighted by molar-refractivity contribution is 7.89. The van der Waals surface area contributed by atoms with Gasteiger partial charge in [0.15, 0.2) is 0 Å². The van der Waals surface area contributed by atoms with Crippen LogP contribution in [0.2, 0.25) is 0 Å². The Bertz CT molecular complexity index is 702. The summed E-state index contributed by atoms with van der Waals surface area (Å²) in [7, 11) is -3.84. The monoisotopic (exact) mass is 308 g/mol. The molecule has 2 N–H and O–H groups in total. The Morgan fingerprint density at radius 2 is 2.19 bits per heavy atom. The second-order valence-corrected chi connectivity index (χ2v) is 6.94. The molecule has 0 heterocycles. The van der Waals surface area contributed by atoms with Crippen LogP contribution in [-0.2, 0) is 14.8 Å². The molecule has 21 heavy (non-hydrogen) atoms. The average molecular weight is 308 g/mol. The van der Waals surface area contributed by atoms with Gasteiger partial charge >= 0.3 is 5.97 Å². The van der Waals surface area contributed by atoms with E-state index in [1.165, 1.54) is 6.07 Å². The lowest BCUT2D eigenvalue weighted by Crippen LogP contribution is -2.38. The maximum absolute atomic E-state index is 12.4. The number of nitrogens with zero attached hydrogens (tertiary/aromatic N) is 1. The molecule has 0 aromatic heterocycles. The molecule has 1 atom stereocenters. The van der Waals surface area contributed by atoms with Crippen molar-refractivity contribution in [2.45, 2.75) is 37.1 Å². The highest BCUT2D eigenvalue weighted by atomic mass is 32.2. The standard InChI is InChI=1S/C14H16N2O4S/c1-9-2-3-10(8-15)6-13(9)21(19,20)16-12(7-14(17)18)11-4-5-11/h2-3,6,11-12,16H,4-5,7H2,1H3,(H,17,18). The highest BCUT2D eigenvalue weighted by Gasteiger charge is 2.36. The Morgan fingerprint density at radius 1 is 1.52 bits per heavy atom. The molecule has 0 radical (unpaired) electrons. The highest BCUT2D eigenvalue weighted by Crippen LogP contribution is 2.35. The largest absolute Gasteiger partial charge is 0.481 e. The molecule has 0 amide bonds. The Labute approximate surface area is 123 Å². The zero-order valence-corrected chi connectivity index (χ0v) is 12.4. The van der Waals surface area contributed by atoms with Gasteiger partial charge in [-0.3, -0.25) is 4.79 Å².